The predicted molar refractivity (Wildman–Crippen MR) is 150 cm³/mol. The maximum Gasteiger partial charge on any atom is 0.282 e. The van der Waals surface area contributed by atoms with Crippen molar-refractivity contribution in [2.24, 2.45) is 5.10 Å². The standard InChI is InChI=1S/C29H30BrN3O4/c1-18-7-9-19(10-8-18)17-37-26-24(35-5)13-20(14-25(26)36-6)16-31-33-27(34)22-15-21(30)11-12-23(22)32-28(33)29(2,3)4/h7-16H,17H2,1-6H3. The van der Waals surface area contributed by atoms with Gasteiger partial charge < -0.3 is 14.2 Å². The van der Waals surface area contributed by atoms with Crippen LogP contribution in [0.15, 0.2) is 69.0 Å². The number of fused-ring (bicyclic) bond motifs is 1. The smallest absolute Gasteiger partial charge is 0.282 e. The number of hydrogen-bond acceptors (Lipinski definition) is 6. The number of rotatable bonds is 7. The van der Waals surface area contributed by atoms with Gasteiger partial charge in [0.2, 0.25) is 5.75 Å². The molecule has 1 heterocycles. The van der Waals surface area contributed by atoms with Crippen molar-refractivity contribution in [3.63, 3.8) is 0 Å². The highest BCUT2D eigenvalue weighted by Gasteiger charge is 2.23. The fourth-order valence-corrected chi connectivity index (χ4v) is 4.18. The van der Waals surface area contributed by atoms with Gasteiger partial charge in [0.05, 0.1) is 31.3 Å². The molecular formula is C29H30BrN3O4. The highest BCUT2D eigenvalue weighted by Crippen LogP contribution is 2.38. The van der Waals surface area contributed by atoms with Crippen LogP contribution < -0.4 is 19.8 Å². The monoisotopic (exact) mass is 563 g/mol. The Hall–Kier alpha value is -3.65. The van der Waals surface area contributed by atoms with Gasteiger partial charge in [-0.15, -0.1) is 0 Å². The second-order valence-electron chi connectivity index (χ2n) is 9.74. The molecule has 0 N–H and O–H groups in total. The van der Waals surface area contributed by atoms with Crippen molar-refractivity contribution in [1.82, 2.24) is 9.66 Å². The lowest BCUT2D eigenvalue weighted by Crippen LogP contribution is -2.29. The fraction of sp³-hybridized carbons (Fsp3) is 0.276. The van der Waals surface area contributed by atoms with Crippen molar-refractivity contribution in [1.29, 1.82) is 0 Å². The van der Waals surface area contributed by atoms with E-state index in [2.05, 4.69) is 21.0 Å². The van der Waals surface area contributed by atoms with Gasteiger partial charge in [0.15, 0.2) is 11.5 Å². The van der Waals surface area contributed by atoms with E-state index >= 15 is 0 Å². The number of benzene rings is 3. The summed E-state index contributed by atoms with van der Waals surface area (Å²) in [6.45, 7) is 8.40. The van der Waals surface area contributed by atoms with Crippen molar-refractivity contribution in [2.45, 2.75) is 39.7 Å². The minimum atomic E-state index is -0.416. The molecule has 8 heteroatoms. The van der Waals surface area contributed by atoms with Crippen LogP contribution in [0.3, 0.4) is 0 Å². The Balaban J connectivity index is 1.74. The summed E-state index contributed by atoms with van der Waals surface area (Å²) in [5.74, 6) is 2.04. The van der Waals surface area contributed by atoms with Crippen LogP contribution in [-0.4, -0.2) is 30.1 Å². The summed E-state index contributed by atoms with van der Waals surface area (Å²) >= 11 is 3.44. The van der Waals surface area contributed by atoms with Gasteiger partial charge in [-0.3, -0.25) is 4.79 Å². The minimum absolute atomic E-state index is 0.246. The quantitative estimate of drug-likeness (QED) is 0.249. The molecule has 0 aliphatic rings. The highest BCUT2D eigenvalue weighted by atomic mass is 79.9. The first kappa shape index (κ1) is 26.4. The molecule has 0 atom stereocenters. The summed E-state index contributed by atoms with van der Waals surface area (Å²) in [7, 11) is 3.14. The topological polar surface area (TPSA) is 74.9 Å². The van der Waals surface area contributed by atoms with Crippen LogP contribution in [-0.2, 0) is 12.0 Å². The molecule has 0 spiro atoms. The lowest BCUT2D eigenvalue weighted by atomic mass is 9.95. The predicted octanol–water partition coefficient (Wildman–Crippen LogP) is 6.24. The second-order valence-corrected chi connectivity index (χ2v) is 10.7. The SMILES string of the molecule is COc1cc(C=Nn2c(C(C)(C)C)nc3ccc(Br)cc3c2=O)cc(OC)c1OCc1ccc(C)cc1. The van der Waals surface area contributed by atoms with E-state index < -0.39 is 5.41 Å². The lowest BCUT2D eigenvalue weighted by Gasteiger charge is -2.21. The van der Waals surface area contributed by atoms with Crippen LogP contribution in [0, 0.1) is 6.92 Å². The average molecular weight is 564 g/mol. The molecule has 0 fully saturated rings. The molecule has 0 unspecified atom stereocenters. The van der Waals surface area contributed by atoms with Gasteiger partial charge in [-0.25, -0.2) is 4.98 Å². The third kappa shape index (κ3) is 5.85. The molecule has 0 amide bonds. The number of aryl methyl sites for hydroxylation is 1. The average Bonchev–Trinajstić information content (AvgIpc) is 2.87. The molecule has 0 saturated carbocycles. The number of hydrogen-bond donors (Lipinski definition) is 0. The molecule has 37 heavy (non-hydrogen) atoms. The maximum absolute atomic E-state index is 13.4. The normalized spacial score (nSPS) is 11.8. The zero-order valence-corrected chi connectivity index (χ0v) is 23.4. The minimum Gasteiger partial charge on any atom is -0.493 e. The van der Waals surface area contributed by atoms with Gasteiger partial charge in [0.25, 0.3) is 5.56 Å². The number of halogens is 1. The summed E-state index contributed by atoms with van der Waals surface area (Å²) in [4.78, 5) is 18.2. The first-order valence-corrected chi connectivity index (χ1v) is 12.6. The molecule has 1 aromatic heterocycles. The Kier molecular flexibility index (Phi) is 7.68. The summed E-state index contributed by atoms with van der Waals surface area (Å²) in [6.07, 6.45) is 1.59. The molecule has 0 aliphatic heterocycles. The number of nitrogens with zero attached hydrogens (tertiary/aromatic N) is 3. The van der Waals surface area contributed by atoms with E-state index in [-0.39, 0.29) is 5.56 Å². The lowest BCUT2D eigenvalue weighted by molar-refractivity contribution is 0.266. The Morgan fingerprint density at radius 2 is 1.65 bits per heavy atom. The third-order valence-electron chi connectivity index (χ3n) is 5.79. The molecular weight excluding hydrogens is 534 g/mol. The summed E-state index contributed by atoms with van der Waals surface area (Å²) < 4.78 is 19.4. The number of aromatic nitrogens is 2. The van der Waals surface area contributed by atoms with E-state index in [9.17, 15) is 4.79 Å². The Bertz CT molecular complexity index is 1490. The van der Waals surface area contributed by atoms with E-state index in [4.69, 9.17) is 19.2 Å². The largest absolute Gasteiger partial charge is 0.493 e. The van der Waals surface area contributed by atoms with E-state index in [1.165, 1.54) is 10.2 Å². The molecule has 0 aliphatic carbocycles. The van der Waals surface area contributed by atoms with Gasteiger partial charge in [0, 0.05) is 15.5 Å². The molecule has 4 aromatic rings. The summed E-state index contributed by atoms with van der Waals surface area (Å²) in [6, 6.07) is 17.2. The summed E-state index contributed by atoms with van der Waals surface area (Å²) in [5, 5.41) is 5.04. The van der Waals surface area contributed by atoms with Crippen LogP contribution in [0.25, 0.3) is 10.9 Å². The van der Waals surface area contributed by atoms with Crippen molar-refractivity contribution in [3.05, 3.63) is 91.9 Å². The summed E-state index contributed by atoms with van der Waals surface area (Å²) in [5.41, 5.74) is 2.86. The van der Waals surface area contributed by atoms with Crippen LogP contribution in [0.1, 0.15) is 43.3 Å². The van der Waals surface area contributed by atoms with E-state index in [0.717, 1.165) is 10.0 Å². The molecule has 0 saturated heterocycles. The molecule has 0 radical (unpaired) electrons. The van der Waals surface area contributed by atoms with Gasteiger partial charge in [-0.05, 0) is 42.8 Å². The molecule has 4 rings (SSSR count). The molecule has 0 bridgehead atoms. The first-order valence-electron chi connectivity index (χ1n) is 11.8. The van der Waals surface area contributed by atoms with Crippen molar-refractivity contribution >= 4 is 33.0 Å². The van der Waals surface area contributed by atoms with Crippen molar-refractivity contribution < 1.29 is 14.2 Å². The van der Waals surface area contributed by atoms with Gasteiger partial charge in [-0.1, -0.05) is 66.5 Å². The first-order chi connectivity index (χ1) is 17.6. The van der Waals surface area contributed by atoms with Gasteiger partial charge in [0.1, 0.15) is 12.4 Å². The number of ether oxygens (including phenoxy) is 3. The second kappa shape index (κ2) is 10.8. The zero-order chi connectivity index (χ0) is 26.7. The van der Waals surface area contributed by atoms with Crippen molar-refractivity contribution in [2.75, 3.05) is 14.2 Å². The zero-order valence-electron chi connectivity index (χ0n) is 21.8. The Labute approximate surface area is 224 Å². The van der Waals surface area contributed by atoms with Crippen LogP contribution in [0.5, 0.6) is 17.2 Å². The van der Waals surface area contributed by atoms with E-state index in [1.54, 1.807) is 38.6 Å². The van der Waals surface area contributed by atoms with Gasteiger partial charge in [-0.2, -0.15) is 9.78 Å². The fourth-order valence-electron chi connectivity index (χ4n) is 3.82. The molecule has 3 aromatic carbocycles. The van der Waals surface area contributed by atoms with Crippen molar-refractivity contribution in [3.8, 4) is 17.2 Å². The van der Waals surface area contributed by atoms with Gasteiger partial charge >= 0.3 is 0 Å². The Morgan fingerprint density at radius 1 is 1.00 bits per heavy atom. The van der Waals surface area contributed by atoms with E-state index in [0.29, 0.717) is 46.1 Å². The maximum atomic E-state index is 13.4. The van der Waals surface area contributed by atoms with Crippen LogP contribution in [0.4, 0.5) is 0 Å². The molecule has 192 valence electrons. The van der Waals surface area contributed by atoms with Crippen LogP contribution in [0.2, 0.25) is 0 Å². The van der Waals surface area contributed by atoms with E-state index in [1.807, 2.05) is 64.1 Å². The highest BCUT2D eigenvalue weighted by molar-refractivity contribution is 9.10. The Morgan fingerprint density at radius 3 is 2.24 bits per heavy atom. The number of methoxy groups -OCH3 is 2. The van der Waals surface area contributed by atoms with Crippen LogP contribution >= 0.6 is 15.9 Å². The third-order valence-corrected chi connectivity index (χ3v) is 6.28. The molecule has 7 nitrogen and oxygen atoms in total.